The summed E-state index contributed by atoms with van der Waals surface area (Å²) in [5.41, 5.74) is -0.203. The molecule has 1 saturated carbocycles. The second kappa shape index (κ2) is 6.54. The normalized spacial score (nSPS) is 27.1. The lowest BCUT2D eigenvalue weighted by molar-refractivity contribution is -0.147. The predicted octanol–water partition coefficient (Wildman–Crippen LogP) is 0.699. The first-order valence-corrected chi connectivity index (χ1v) is 8.34. The van der Waals surface area contributed by atoms with Gasteiger partial charge in [0.15, 0.2) is 0 Å². The molecule has 1 atom stereocenters. The number of hydrogen-bond donors (Lipinski definition) is 1. The maximum absolute atomic E-state index is 12.1. The first-order chi connectivity index (χ1) is 10.6. The number of hydrogen-bond acceptors (Lipinski definition) is 4. The molecule has 6 heteroatoms. The maximum atomic E-state index is 12.1. The highest BCUT2D eigenvalue weighted by Crippen LogP contribution is 2.39. The van der Waals surface area contributed by atoms with E-state index < -0.39 is 0 Å². The Morgan fingerprint density at radius 1 is 1.23 bits per heavy atom. The molecule has 0 aromatic rings. The summed E-state index contributed by atoms with van der Waals surface area (Å²) < 4.78 is 11.0. The summed E-state index contributed by atoms with van der Waals surface area (Å²) in [4.78, 5) is 25.8. The van der Waals surface area contributed by atoms with Gasteiger partial charge in [0.2, 0.25) is 11.8 Å². The second-order valence-corrected chi connectivity index (χ2v) is 6.83. The molecule has 2 aliphatic heterocycles. The lowest BCUT2D eigenvalue weighted by Gasteiger charge is -2.39. The Bertz CT molecular complexity index is 428. The Kier molecular flexibility index (Phi) is 4.68. The third-order valence-electron chi connectivity index (χ3n) is 5.10. The Labute approximate surface area is 131 Å². The molecule has 3 fully saturated rings. The van der Waals surface area contributed by atoms with E-state index in [4.69, 9.17) is 9.47 Å². The van der Waals surface area contributed by atoms with Gasteiger partial charge in [-0.25, -0.2) is 0 Å². The summed E-state index contributed by atoms with van der Waals surface area (Å²) >= 11 is 0. The van der Waals surface area contributed by atoms with Gasteiger partial charge in [-0.3, -0.25) is 9.59 Å². The van der Waals surface area contributed by atoms with Crippen molar-refractivity contribution in [2.75, 3.05) is 33.4 Å². The fourth-order valence-corrected chi connectivity index (χ4v) is 3.43. The molecule has 6 nitrogen and oxygen atoms in total. The van der Waals surface area contributed by atoms with Crippen LogP contribution >= 0.6 is 0 Å². The quantitative estimate of drug-likeness (QED) is 0.811. The summed E-state index contributed by atoms with van der Waals surface area (Å²) in [6, 6.07) is 0. The molecule has 0 bridgehead atoms. The van der Waals surface area contributed by atoms with Gasteiger partial charge in [-0.1, -0.05) is 0 Å². The number of carbonyl (C=O) groups is 2. The van der Waals surface area contributed by atoms with Crippen LogP contribution < -0.4 is 5.32 Å². The van der Waals surface area contributed by atoms with E-state index in [0.717, 1.165) is 32.2 Å². The van der Waals surface area contributed by atoms with Gasteiger partial charge < -0.3 is 19.7 Å². The smallest absolute Gasteiger partial charge is 0.249 e. The number of methoxy groups -OCH3 is 1. The van der Waals surface area contributed by atoms with Crippen LogP contribution in [0, 0.1) is 5.92 Å². The Morgan fingerprint density at radius 3 is 2.59 bits per heavy atom. The summed E-state index contributed by atoms with van der Waals surface area (Å²) in [6.45, 7) is 2.32. The van der Waals surface area contributed by atoms with Gasteiger partial charge in [0.05, 0.1) is 5.60 Å². The predicted molar refractivity (Wildman–Crippen MR) is 80.3 cm³/mol. The number of amides is 2. The number of nitrogens with zero attached hydrogens (tertiary/aromatic N) is 1. The van der Waals surface area contributed by atoms with Gasteiger partial charge in [-0.15, -0.1) is 0 Å². The molecule has 0 aromatic carbocycles. The van der Waals surface area contributed by atoms with Crippen LogP contribution in [0.1, 0.15) is 38.5 Å². The molecule has 1 N–H and O–H groups in total. The number of likely N-dealkylation sites (tertiary alicyclic amines) is 1. The van der Waals surface area contributed by atoms with E-state index in [1.54, 1.807) is 0 Å². The first-order valence-electron chi connectivity index (χ1n) is 8.34. The SMILES string of the molecule is COCC(=O)N1CCC2(CC[C@@H](C(=O)NCC3CC3)O2)CC1. The van der Waals surface area contributed by atoms with Crippen molar-refractivity contribution in [2.24, 2.45) is 5.92 Å². The van der Waals surface area contributed by atoms with Crippen molar-refractivity contribution in [3.05, 3.63) is 0 Å². The summed E-state index contributed by atoms with van der Waals surface area (Å²) in [6.07, 6.45) is 5.51. The zero-order valence-corrected chi connectivity index (χ0v) is 13.3. The fraction of sp³-hybridized carbons (Fsp3) is 0.875. The molecule has 2 heterocycles. The molecule has 1 spiro atoms. The topological polar surface area (TPSA) is 67.9 Å². The molecule has 124 valence electrons. The van der Waals surface area contributed by atoms with Gasteiger partial charge in [-0.05, 0) is 44.4 Å². The Morgan fingerprint density at radius 2 is 1.95 bits per heavy atom. The molecule has 3 rings (SSSR count). The highest BCUT2D eigenvalue weighted by molar-refractivity contribution is 5.81. The van der Waals surface area contributed by atoms with Crippen molar-refractivity contribution in [3.8, 4) is 0 Å². The zero-order valence-electron chi connectivity index (χ0n) is 13.3. The lowest BCUT2D eigenvalue weighted by Crippen LogP contribution is -2.48. The maximum Gasteiger partial charge on any atom is 0.249 e. The minimum absolute atomic E-state index is 0.0362. The Balaban J connectivity index is 1.45. The van der Waals surface area contributed by atoms with Crippen molar-refractivity contribution in [1.29, 1.82) is 0 Å². The van der Waals surface area contributed by atoms with E-state index in [-0.39, 0.29) is 30.1 Å². The van der Waals surface area contributed by atoms with E-state index in [9.17, 15) is 9.59 Å². The zero-order chi connectivity index (χ0) is 15.6. The number of ether oxygens (including phenoxy) is 2. The van der Waals surface area contributed by atoms with Crippen molar-refractivity contribution < 1.29 is 19.1 Å². The lowest BCUT2D eigenvalue weighted by atomic mass is 9.88. The average Bonchev–Trinajstić information content (AvgIpc) is 3.27. The third kappa shape index (κ3) is 3.60. The van der Waals surface area contributed by atoms with Crippen molar-refractivity contribution >= 4 is 11.8 Å². The van der Waals surface area contributed by atoms with Gasteiger partial charge in [0.25, 0.3) is 0 Å². The molecule has 1 aliphatic carbocycles. The molecule has 2 amide bonds. The molecular weight excluding hydrogens is 284 g/mol. The molecule has 0 unspecified atom stereocenters. The van der Waals surface area contributed by atoms with Crippen LogP contribution in [0.2, 0.25) is 0 Å². The van der Waals surface area contributed by atoms with Crippen LogP contribution in [0.3, 0.4) is 0 Å². The number of nitrogens with one attached hydrogen (secondary N) is 1. The largest absolute Gasteiger partial charge is 0.375 e. The van der Waals surface area contributed by atoms with Crippen LogP contribution in [0.4, 0.5) is 0 Å². The Hall–Kier alpha value is -1.14. The van der Waals surface area contributed by atoms with Gasteiger partial charge in [0, 0.05) is 26.7 Å². The second-order valence-electron chi connectivity index (χ2n) is 6.83. The monoisotopic (exact) mass is 310 g/mol. The summed E-state index contributed by atoms with van der Waals surface area (Å²) in [5, 5.41) is 3.01. The minimum Gasteiger partial charge on any atom is -0.375 e. The highest BCUT2D eigenvalue weighted by Gasteiger charge is 2.45. The van der Waals surface area contributed by atoms with Crippen LogP contribution in [-0.2, 0) is 19.1 Å². The van der Waals surface area contributed by atoms with Crippen LogP contribution in [0.5, 0.6) is 0 Å². The number of rotatable bonds is 5. The molecule has 3 aliphatic rings. The van der Waals surface area contributed by atoms with E-state index in [0.29, 0.717) is 19.0 Å². The summed E-state index contributed by atoms with van der Waals surface area (Å²) in [5.74, 6) is 0.769. The fourth-order valence-electron chi connectivity index (χ4n) is 3.43. The van der Waals surface area contributed by atoms with Crippen molar-refractivity contribution in [1.82, 2.24) is 10.2 Å². The van der Waals surface area contributed by atoms with E-state index in [1.807, 2.05) is 4.90 Å². The molecule has 2 saturated heterocycles. The third-order valence-corrected chi connectivity index (χ3v) is 5.10. The molecule has 0 radical (unpaired) electrons. The number of piperidine rings is 1. The molecule has 22 heavy (non-hydrogen) atoms. The van der Waals surface area contributed by atoms with E-state index in [1.165, 1.54) is 20.0 Å². The average molecular weight is 310 g/mol. The van der Waals surface area contributed by atoms with Crippen molar-refractivity contribution in [2.45, 2.75) is 50.2 Å². The van der Waals surface area contributed by atoms with Crippen LogP contribution in [0.15, 0.2) is 0 Å². The standard InChI is InChI=1S/C16H26N2O4/c1-21-11-14(19)18-8-6-16(7-9-18)5-4-13(22-16)15(20)17-10-12-2-3-12/h12-13H,2-11H2,1H3,(H,17,20)/t13-/m0/s1. The van der Waals surface area contributed by atoms with Gasteiger partial charge in [-0.2, -0.15) is 0 Å². The van der Waals surface area contributed by atoms with Gasteiger partial charge >= 0.3 is 0 Å². The minimum atomic E-state index is -0.306. The van der Waals surface area contributed by atoms with Crippen molar-refractivity contribution in [3.63, 3.8) is 0 Å². The first kappa shape index (κ1) is 15.7. The molecule has 0 aromatic heterocycles. The number of carbonyl (C=O) groups excluding carboxylic acids is 2. The highest BCUT2D eigenvalue weighted by atomic mass is 16.5. The van der Waals surface area contributed by atoms with Crippen LogP contribution in [-0.4, -0.2) is 61.8 Å². The van der Waals surface area contributed by atoms with Crippen LogP contribution in [0.25, 0.3) is 0 Å². The van der Waals surface area contributed by atoms with E-state index in [2.05, 4.69) is 5.32 Å². The van der Waals surface area contributed by atoms with E-state index >= 15 is 0 Å². The summed E-state index contributed by atoms with van der Waals surface area (Å²) in [7, 11) is 1.54. The van der Waals surface area contributed by atoms with Gasteiger partial charge in [0.1, 0.15) is 12.7 Å². The molecular formula is C16H26N2O4.